The van der Waals surface area contributed by atoms with Gasteiger partial charge in [0, 0.05) is 6.20 Å². The van der Waals surface area contributed by atoms with Crippen LogP contribution < -0.4 is 0 Å². The number of nitrogens with zero attached hydrogens (tertiary/aromatic N) is 2. The highest BCUT2D eigenvalue weighted by molar-refractivity contribution is 5.93. The molecule has 0 spiro atoms. The van der Waals surface area contributed by atoms with E-state index in [2.05, 4.69) is 9.98 Å². The van der Waals surface area contributed by atoms with Crippen molar-refractivity contribution < 1.29 is 17.9 Å². The topological polar surface area (TPSA) is 34.5 Å². The summed E-state index contributed by atoms with van der Waals surface area (Å²) < 4.78 is 42.7. The van der Waals surface area contributed by atoms with Gasteiger partial charge < -0.3 is 4.74 Å². The van der Waals surface area contributed by atoms with Gasteiger partial charge in [0.05, 0.1) is 11.6 Å². The zero-order chi connectivity index (χ0) is 14.3. The molecule has 0 saturated heterocycles. The average Bonchev–Trinajstić information content (AvgIpc) is 2.77. The highest BCUT2D eigenvalue weighted by Crippen LogP contribution is 2.30. The van der Waals surface area contributed by atoms with Crippen LogP contribution in [0.4, 0.5) is 13.2 Å². The SMILES string of the molecule is CC(C)(C)C1COC(c2ccc(C(F)(F)F)cn2)=N1. The predicted octanol–water partition coefficient (Wildman–Crippen LogP) is 3.29. The maximum absolute atomic E-state index is 12.4. The number of aliphatic imine (C=N–C) groups is 1. The molecule has 1 aromatic heterocycles. The summed E-state index contributed by atoms with van der Waals surface area (Å²) in [5.74, 6) is 0.314. The van der Waals surface area contributed by atoms with Crippen LogP contribution in [-0.4, -0.2) is 23.5 Å². The number of hydrogen-bond acceptors (Lipinski definition) is 3. The quantitative estimate of drug-likeness (QED) is 0.786. The first kappa shape index (κ1) is 13.8. The van der Waals surface area contributed by atoms with Gasteiger partial charge in [-0.05, 0) is 17.5 Å². The molecule has 1 aliphatic heterocycles. The molecule has 2 rings (SSSR count). The highest BCUT2D eigenvalue weighted by atomic mass is 19.4. The van der Waals surface area contributed by atoms with E-state index in [9.17, 15) is 13.2 Å². The molecular weight excluding hydrogens is 257 g/mol. The van der Waals surface area contributed by atoms with Gasteiger partial charge in [-0.2, -0.15) is 13.2 Å². The summed E-state index contributed by atoms with van der Waals surface area (Å²) in [6.45, 7) is 6.54. The molecule has 1 atom stereocenters. The number of aromatic nitrogens is 1. The lowest BCUT2D eigenvalue weighted by molar-refractivity contribution is -0.137. The van der Waals surface area contributed by atoms with E-state index >= 15 is 0 Å². The predicted molar refractivity (Wildman–Crippen MR) is 65.0 cm³/mol. The zero-order valence-electron chi connectivity index (χ0n) is 11.0. The Labute approximate surface area is 109 Å². The van der Waals surface area contributed by atoms with Gasteiger partial charge in [0.15, 0.2) is 0 Å². The van der Waals surface area contributed by atoms with Crippen LogP contribution in [0.15, 0.2) is 23.3 Å². The Balaban J connectivity index is 2.21. The Kier molecular flexibility index (Phi) is 3.28. The minimum Gasteiger partial charge on any atom is -0.474 e. The van der Waals surface area contributed by atoms with E-state index in [1.54, 1.807) is 0 Å². The Hall–Kier alpha value is -1.59. The summed E-state index contributed by atoms with van der Waals surface area (Å²) in [5, 5.41) is 0. The van der Waals surface area contributed by atoms with E-state index < -0.39 is 11.7 Å². The number of pyridine rings is 1. The standard InChI is InChI=1S/C13H15F3N2O/c1-12(2,3)10-7-19-11(18-10)9-5-4-8(6-17-9)13(14,15)16/h4-6,10H,7H2,1-3H3. The summed E-state index contributed by atoms with van der Waals surface area (Å²) in [6.07, 6.45) is -3.58. The van der Waals surface area contributed by atoms with Gasteiger partial charge in [-0.3, -0.25) is 4.98 Å². The van der Waals surface area contributed by atoms with Crippen LogP contribution in [-0.2, 0) is 10.9 Å². The molecule has 1 unspecified atom stereocenters. The second-order valence-corrected chi connectivity index (χ2v) is 5.56. The molecule has 0 bridgehead atoms. The first-order valence-corrected chi connectivity index (χ1v) is 5.92. The second kappa shape index (κ2) is 4.51. The van der Waals surface area contributed by atoms with Gasteiger partial charge in [-0.15, -0.1) is 0 Å². The maximum atomic E-state index is 12.4. The third-order valence-electron chi connectivity index (χ3n) is 2.96. The molecule has 6 heteroatoms. The summed E-state index contributed by atoms with van der Waals surface area (Å²) in [7, 11) is 0. The fraction of sp³-hybridized carbons (Fsp3) is 0.538. The van der Waals surface area contributed by atoms with Gasteiger partial charge in [0.2, 0.25) is 5.90 Å². The number of hydrogen-bond donors (Lipinski definition) is 0. The van der Waals surface area contributed by atoms with Crippen LogP contribution in [0.1, 0.15) is 32.0 Å². The normalized spacial score (nSPS) is 20.1. The molecule has 0 aliphatic carbocycles. The van der Waals surface area contributed by atoms with Crippen molar-refractivity contribution in [1.82, 2.24) is 4.98 Å². The largest absolute Gasteiger partial charge is 0.474 e. The van der Waals surface area contributed by atoms with Crippen LogP contribution in [0.2, 0.25) is 0 Å². The van der Waals surface area contributed by atoms with Crippen molar-refractivity contribution >= 4 is 5.90 Å². The molecule has 0 radical (unpaired) electrons. The number of halogens is 3. The van der Waals surface area contributed by atoms with E-state index in [-0.39, 0.29) is 11.5 Å². The smallest absolute Gasteiger partial charge is 0.417 e. The van der Waals surface area contributed by atoms with E-state index in [1.165, 1.54) is 6.07 Å². The lowest BCUT2D eigenvalue weighted by Crippen LogP contribution is -2.25. The molecule has 0 aromatic carbocycles. The second-order valence-electron chi connectivity index (χ2n) is 5.56. The lowest BCUT2D eigenvalue weighted by Gasteiger charge is -2.21. The Morgan fingerprint density at radius 3 is 2.32 bits per heavy atom. The van der Waals surface area contributed by atoms with Gasteiger partial charge in [0.25, 0.3) is 0 Å². The fourth-order valence-corrected chi connectivity index (χ4v) is 1.65. The highest BCUT2D eigenvalue weighted by Gasteiger charge is 2.33. The van der Waals surface area contributed by atoms with E-state index in [4.69, 9.17) is 4.74 Å². The van der Waals surface area contributed by atoms with Crippen molar-refractivity contribution in [1.29, 1.82) is 0 Å². The molecule has 2 heterocycles. The number of rotatable bonds is 1. The van der Waals surface area contributed by atoms with Crippen molar-refractivity contribution in [2.45, 2.75) is 33.0 Å². The van der Waals surface area contributed by atoms with Crippen molar-refractivity contribution in [3.05, 3.63) is 29.6 Å². The molecule has 1 aromatic rings. The van der Waals surface area contributed by atoms with Crippen molar-refractivity contribution in [3.63, 3.8) is 0 Å². The third-order valence-corrected chi connectivity index (χ3v) is 2.96. The molecule has 19 heavy (non-hydrogen) atoms. The molecule has 0 fully saturated rings. The van der Waals surface area contributed by atoms with E-state index in [1.807, 2.05) is 20.8 Å². The molecule has 0 saturated carbocycles. The molecule has 104 valence electrons. The zero-order valence-corrected chi connectivity index (χ0v) is 11.0. The third kappa shape index (κ3) is 3.05. The average molecular weight is 272 g/mol. The first-order valence-electron chi connectivity index (χ1n) is 5.92. The monoisotopic (exact) mass is 272 g/mol. The van der Waals surface area contributed by atoms with Gasteiger partial charge >= 0.3 is 6.18 Å². The Morgan fingerprint density at radius 1 is 1.21 bits per heavy atom. The molecule has 1 aliphatic rings. The summed E-state index contributed by atoms with van der Waals surface area (Å²) in [4.78, 5) is 8.14. The van der Waals surface area contributed by atoms with Gasteiger partial charge in [0.1, 0.15) is 12.3 Å². The Morgan fingerprint density at radius 2 is 1.89 bits per heavy atom. The lowest BCUT2D eigenvalue weighted by atomic mass is 9.88. The van der Waals surface area contributed by atoms with Crippen molar-refractivity contribution in [3.8, 4) is 0 Å². The number of ether oxygens (including phenoxy) is 1. The summed E-state index contributed by atoms with van der Waals surface area (Å²) in [6, 6.07) is 2.26. The summed E-state index contributed by atoms with van der Waals surface area (Å²) >= 11 is 0. The van der Waals surface area contributed by atoms with E-state index in [0.29, 0.717) is 18.2 Å². The minimum atomic E-state index is -4.38. The van der Waals surface area contributed by atoms with Crippen LogP contribution in [0, 0.1) is 5.41 Å². The van der Waals surface area contributed by atoms with Gasteiger partial charge in [-0.1, -0.05) is 20.8 Å². The van der Waals surface area contributed by atoms with E-state index in [0.717, 1.165) is 12.3 Å². The first-order chi connectivity index (χ1) is 8.68. The molecular formula is C13H15F3N2O. The maximum Gasteiger partial charge on any atom is 0.417 e. The van der Waals surface area contributed by atoms with Crippen LogP contribution in [0.25, 0.3) is 0 Å². The molecule has 0 N–H and O–H groups in total. The molecule has 3 nitrogen and oxygen atoms in total. The van der Waals surface area contributed by atoms with Crippen LogP contribution in [0.5, 0.6) is 0 Å². The summed E-state index contributed by atoms with van der Waals surface area (Å²) in [5.41, 5.74) is -0.491. The Bertz CT molecular complexity index is 486. The van der Waals surface area contributed by atoms with Crippen LogP contribution >= 0.6 is 0 Å². The molecule has 0 amide bonds. The van der Waals surface area contributed by atoms with Gasteiger partial charge in [-0.25, -0.2) is 4.99 Å². The van der Waals surface area contributed by atoms with Crippen molar-refractivity contribution in [2.75, 3.05) is 6.61 Å². The number of alkyl halides is 3. The fourth-order valence-electron chi connectivity index (χ4n) is 1.65. The van der Waals surface area contributed by atoms with Crippen molar-refractivity contribution in [2.24, 2.45) is 10.4 Å². The van der Waals surface area contributed by atoms with Crippen LogP contribution in [0.3, 0.4) is 0 Å². The minimum absolute atomic E-state index is 0.00778.